The van der Waals surface area contributed by atoms with Crippen LogP contribution in [0.25, 0.3) is 5.82 Å². The smallest absolute Gasteiger partial charge is 0.420 e. The van der Waals surface area contributed by atoms with E-state index in [2.05, 4.69) is 15.2 Å². The van der Waals surface area contributed by atoms with Crippen LogP contribution < -0.4 is 14.8 Å². The van der Waals surface area contributed by atoms with Crippen LogP contribution in [0.2, 0.25) is 0 Å². The minimum Gasteiger partial charge on any atom is -0.486 e. The van der Waals surface area contributed by atoms with E-state index in [1.54, 1.807) is 6.20 Å². The number of likely N-dealkylation sites (tertiary alicyclic amines) is 1. The Hall–Kier alpha value is -3.53. The van der Waals surface area contributed by atoms with Gasteiger partial charge in [-0.3, -0.25) is 9.69 Å². The average Bonchev–Trinajstić information content (AvgIpc) is 3.43. The molecule has 3 aromatic rings. The highest BCUT2D eigenvalue weighted by atomic mass is 19.4. The molecule has 1 unspecified atom stereocenters. The van der Waals surface area contributed by atoms with Gasteiger partial charge >= 0.3 is 6.18 Å². The first-order chi connectivity index (χ1) is 17.8. The molecule has 0 saturated carbocycles. The Morgan fingerprint density at radius 1 is 1.08 bits per heavy atom. The Bertz CT molecular complexity index is 1190. The highest BCUT2D eigenvalue weighted by molar-refractivity contribution is 5.78. The van der Waals surface area contributed by atoms with Crippen LogP contribution in [-0.4, -0.2) is 59.2 Å². The molecule has 0 spiro atoms. The number of halogens is 3. The van der Waals surface area contributed by atoms with Gasteiger partial charge in [-0.05, 0) is 67.7 Å². The highest BCUT2D eigenvalue weighted by Crippen LogP contribution is 2.43. The first-order valence-corrected chi connectivity index (χ1v) is 12.4. The van der Waals surface area contributed by atoms with Crippen molar-refractivity contribution in [2.75, 3.05) is 32.8 Å². The summed E-state index contributed by atoms with van der Waals surface area (Å²) in [5.41, 5.74) is 0.0463. The van der Waals surface area contributed by atoms with Crippen LogP contribution in [0.5, 0.6) is 11.5 Å². The molecule has 4 heterocycles. The maximum Gasteiger partial charge on any atom is 0.420 e. The predicted molar refractivity (Wildman–Crippen MR) is 131 cm³/mol. The van der Waals surface area contributed by atoms with Gasteiger partial charge in [0, 0.05) is 31.7 Å². The molecule has 7 nitrogen and oxygen atoms in total. The number of piperidine rings is 1. The van der Waals surface area contributed by atoms with Gasteiger partial charge in [-0.15, -0.1) is 0 Å². The molecule has 1 saturated heterocycles. The molecule has 2 aliphatic rings. The normalized spacial score (nSPS) is 18.5. The fourth-order valence-corrected chi connectivity index (χ4v) is 4.78. The summed E-state index contributed by atoms with van der Waals surface area (Å²) in [6.45, 7) is 2.90. The van der Waals surface area contributed by atoms with Crippen molar-refractivity contribution < 1.29 is 27.4 Å². The maximum absolute atomic E-state index is 13.3. The van der Waals surface area contributed by atoms with E-state index in [1.807, 2.05) is 41.2 Å². The van der Waals surface area contributed by atoms with Gasteiger partial charge in [0.15, 0.2) is 11.5 Å². The number of nitrogens with one attached hydrogen (secondary N) is 1. The zero-order chi connectivity index (χ0) is 25.8. The Balaban J connectivity index is 1.04. The number of benzene rings is 1. The number of carbonyl (C=O) groups is 1. The van der Waals surface area contributed by atoms with Gasteiger partial charge < -0.3 is 19.4 Å². The van der Waals surface area contributed by atoms with Crippen molar-refractivity contribution in [2.45, 2.75) is 31.5 Å². The number of rotatable bonds is 7. The lowest BCUT2D eigenvalue weighted by atomic mass is 9.96. The third-order valence-corrected chi connectivity index (χ3v) is 6.79. The molecule has 1 amide bonds. The maximum atomic E-state index is 13.3. The third kappa shape index (κ3) is 6.25. The Morgan fingerprint density at radius 3 is 2.57 bits per heavy atom. The van der Waals surface area contributed by atoms with Crippen molar-refractivity contribution in [3.8, 4) is 17.3 Å². The number of hydrogen-bond donors (Lipinski definition) is 1. The zero-order valence-electron chi connectivity index (χ0n) is 20.3. The molecule has 0 aliphatic carbocycles. The molecule has 5 rings (SSSR count). The first-order valence-electron chi connectivity index (χ1n) is 12.4. The molecule has 10 heteroatoms. The van der Waals surface area contributed by atoms with Gasteiger partial charge in [-0.25, -0.2) is 4.98 Å². The van der Waals surface area contributed by atoms with Gasteiger partial charge in [0.05, 0.1) is 6.42 Å². The lowest BCUT2D eigenvalue weighted by molar-refractivity contribution is -0.140. The summed E-state index contributed by atoms with van der Waals surface area (Å²) in [4.78, 5) is 19.0. The molecule has 1 atom stereocenters. The topological polar surface area (TPSA) is 68.6 Å². The molecule has 1 fully saturated rings. The molecule has 1 N–H and O–H groups in total. The second kappa shape index (κ2) is 10.8. The highest BCUT2D eigenvalue weighted by Gasteiger charge is 2.38. The fourth-order valence-electron chi connectivity index (χ4n) is 4.78. The minimum absolute atomic E-state index is 0.0372. The van der Waals surface area contributed by atoms with Crippen molar-refractivity contribution in [1.29, 1.82) is 0 Å². The van der Waals surface area contributed by atoms with E-state index in [0.29, 0.717) is 19.0 Å². The number of hydrogen-bond acceptors (Lipinski definition) is 5. The largest absolute Gasteiger partial charge is 0.486 e. The molecule has 0 radical (unpaired) electrons. The van der Waals surface area contributed by atoms with Gasteiger partial charge in [-0.2, -0.15) is 13.2 Å². The summed E-state index contributed by atoms with van der Waals surface area (Å²) in [5.74, 6) is 1.03. The zero-order valence-corrected chi connectivity index (χ0v) is 20.3. The summed E-state index contributed by atoms with van der Waals surface area (Å²) in [7, 11) is 0. The Morgan fingerprint density at radius 2 is 1.86 bits per heavy atom. The van der Waals surface area contributed by atoms with Crippen molar-refractivity contribution in [2.24, 2.45) is 5.92 Å². The molecule has 0 bridgehead atoms. The van der Waals surface area contributed by atoms with Gasteiger partial charge in [0.1, 0.15) is 24.1 Å². The quantitative estimate of drug-likeness (QED) is 0.514. The van der Waals surface area contributed by atoms with Crippen LogP contribution in [0, 0.1) is 5.92 Å². The van der Waals surface area contributed by atoms with Crippen LogP contribution in [0.15, 0.2) is 61.1 Å². The van der Waals surface area contributed by atoms with Crippen molar-refractivity contribution in [3.05, 3.63) is 72.2 Å². The van der Waals surface area contributed by atoms with Crippen LogP contribution in [0.1, 0.15) is 24.0 Å². The van der Waals surface area contributed by atoms with Crippen LogP contribution in [0.4, 0.5) is 13.2 Å². The molecule has 196 valence electrons. The Labute approximate surface area is 213 Å². The summed E-state index contributed by atoms with van der Waals surface area (Å²) in [6, 6.07) is 11.5. The van der Waals surface area contributed by atoms with Gasteiger partial charge in [0.25, 0.3) is 0 Å². The minimum atomic E-state index is -4.50. The number of aromatic nitrogens is 2. The summed E-state index contributed by atoms with van der Waals surface area (Å²) < 4.78 is 53.2. The lowest BCUT2D eigenvalue weighted by Crippen LogP contribution is -2.45. The van der Waals surface area contributed by atoms with Gasteiger partial charge in [0.2, 0.25) is 5.91 Å². The van der Waals surface area contributed by atoms with E-state index in [9.17, 15) is 18.0 Å². The number of amides is 1. The van der Waals surface area contributed by atoms with E-state index in [1.165, 1.54) is 12.1 Å². The molecule has 1 aromatic carbocycles. The van der Waals surface area contributed by atoms with Crippen LogP contribution in [-0.2, 0) is 17.4 Å². The van der Waals surface area contributed by atoms with Crippen molar-refractivity contribution in [1.82, 2.24) is 19.8 Å². The molecule has 2 aromatic heterocycles. The molecular weight excluding hydrogens is 485 g/mol. The van der Waals surface area contributed by atoms with E-state index in [4.69, 9.17) is 9.47 Å². The number of para-hydroxylation sites is 1. The second-order valence-corrected chi connectivity index (χ2v) is 9.52. The summed E-state index contributed by atoms with van der Waals surface area (Å²) in [6.07, 6.45) is 2.65. The van der Waals surface area contributed by atoms with Crippen molar-refractivity contribution >= 4 is 5.91 Å². The van der Waals surface area contributed by atoms with E-state index >= 15 is 0 Å². The van der Waals surface area contributed by atoms with Crippen LogP contribution >= 0.6 is 0 Å². The fraction of sp³-hybridized carbons (Fsp3) is 0.407. The predicted octanol–water partition coefficient (Wildman–Crippen LogP) is 4.10. The second-order valence-electron chi connectivity index (χ2n) is 9.52. The summed E-state index contributed by atoms with van der Waals surface area (Å²) in [5, 5.41) is 3.03. The number of nitrogens with zero attached hydrogens (tertiary/aromatic N) is 3. The van der Waals surface area contributed by atoms with Gasteiger partial charge in [-0.1, -0.05) is 12.1 Å². The third-order valence-electron chi connectivity index (χ3n) is 6.79. The van der Waals surface area contributed by atoms with E-state index < -0.39 is 17.8 Å². The monoisotopic (exact) mass is 514 g/mol. The number of pyridine rings is 1. The molecule has 37 heavy (non-hydrogen) atoms. The number of ether oxygens (including phenoxy) is 2. The Kier molecular flexibility index (Phi) is 7.36. The number of alkyl halides is 3. The number of fused-ring (bicyclic) bond motifs is 1. The van der Waals surface area contributed by atoms with Crippen molar-refractivity contribution in [3.63, 3.8) is 0 Å². The van der Waals surface area contributed by atoms with Crippen LogP contribution in [0.3, 0.4) is 0 Å². The molecular formula is C27H29F3N4O3. The lowest BCUT2D eigenvalue weighted by Gasteiger charge is -2.36. The SMILES string of the molecule is O=C(Cc1ccc(-n2cccc2)nc1)NCC1CCN(CC2COc3cccc(C(F)(F)F)c3O2)CC1. The first kappa shape index (κ1) is 25.1. The molecule has 2 aliphatic heterocycles. The number of carbonyl (C=O) groups excluding carboxylic acids is 1. The van der Waals surface area contributed by atoms with E-state index in [-0.39, 0.29) is 30.4 Å². The summed E-state index contributed by atoms with van der Waals surface area (Å²) >= 11 is 0. The average molecular weight is 515 g/mol. The van der Waals surface area contributed by atoms with E-state index in [0.717, 1.165) is 43.4 Å². The standard InChI is InChI=1S/C27H29F3N4O3/c28-27(29,30)22-4-3-5-23-26(22)37-21(18-36-23)17-33-12-8-19(9-13-33)15-32-25(35)14-20-6-7-24(31-16-20)34-10-1-2-11-34/h1-7,10-11,16,19,21H,8-9,12-15,17-18H2,(H,32,35).